The highest BCUT2D eigenvalue weighted by molar-refractivity contribution is 5.77. The van der Waals surface area contributed by atoms with E-state index in [1.54, 1.807) is 6.20 Å². The normalized spacial score (nSPS) is 12.1. The van der Waals surface area contributed by atoms with Crippen LogP contribution < -0.4 is 5.32 Å². The van der Waals surface area contributed by atoms with Crippen LogP contribution >= 0.6 is 0 Å². The number of aryl methyl sites for hydroxylation is 3. The molecular formula is C19H23N5O. The highest BCUT2D eigenvalue weighted by Gasteiger charge is 2.20. The number of carbonyl (C=O) groups excluding carboxylic acids is 1. The molecule has 1 atom stereocenters. The van der Waals surface area contributed by atoms with Gasteiger partial charge in [-0.15, -0.1) is 0 Å². The van der Waals surface area contributed by atoms with Crippen molar-refractivity contribution >= 4 is 5.91 Å². The summed E-state index contributed by atoms with van der Waals surface area (Å²) in [6.07, 6.45) is 4.63. The monoisotopic (exact) mass is 337 g/mol. The number of nitrogens with zero attached hydrogens (tertiary/aromatic N) is 3. The average Bonchev–Trinajstić information content (AvgIpc) is 3.18. The largest absolute Gasteiger partial charge is 0.342 e. The highest BCUT2D eigenvalue weighted by atomic mass is 16.1. The van der Waals surface area contributed by atoms with Crippen molar-refractivity contribution in [2.24, 2.45) is 7.05 Å². The van der Waals surface area contributed by atoms with Gasteiger partial charge in [0.2, 0.25) is 5.91 Å². The first-order valence-corrected chi connectivity index (χ1v) is 8.38. The van der Waals surface area contributed by atoms with Gasteiger partial charge in [-0.05, 0) is 25.0 Å². The molecule has 0 radical (unpaired) electrons. The zero-order valence-electron chi connectivity index (χ0n) is 14.8. The fourth-order valence-electron chi connectivity index (χ4n) is 2.84. The van der Waals surface area contributed by atoms with E-state index >= 15 is 0 Å². The van der Waals surface area contributed by atoms with Crippen LogP contribution in [0.15, 0.2) is 42.7 Å². The fraction of sp³-hybridized carbons (Fsp3) is 0.316. The van der Waals surface area contributed by atoms with Crippen molar-refractivity contribution in [2.75, 3.05) is 0 Å². The third kappa shape index (κ3) is 3.79. The number of amides is 1. The maximum atomic E-state index is 12.5. The molecule has 2 heterocycles. The maximum Gasteiger partial charge on any atom is 0.221 e. The van der Waals surface area contributed by atoms with Crippen molar-refractivity contribution in [3.05, 3.63) is 71.1 Å². The molecule has 25 heavy (non-hydrogen) atoms. The summed E-state index contributed by atoms with van der Waals surface area (Å²) >= 11 is 0. The molecule has 0 spiro atoms. The number of rotatable bonds is 6. The van der Waals surface area contributed by atoms with Gasteiger partial charge in [0.15, 0.2) is 0 Å². The summed E-state index contributed by atoms with van der Waals surface area (Å²) in [5.41, 5.74) is 4.12. The Morgan fingerprint density at radius 2 is 2.04 bits per heavy atom. The van der Waals surface area contributed by atoms with E-state index in [0.29, 0.717) is 12.8 Å². The lowest BCUT2D eigenvalue weighted by molar-refractivity contribution is -0.121. The lowest BCUT2D eigenvalue weighted by Gasteiger charge is -2.19. The molecule has 0 fully saturated rings. The number of H-pyrrole nitrogens is 1. The van der Waals surface area contributed by atoms with Gasteiger partial charge in [-0.3, -0.25) is 9.89 Å². The second-order valence-electron chi connectivity index (χ2n) is 6.23. The van der Waals surface area contributed by atoms with Crippen LogP contribution in [0.25, 0.3) is 0 Å². The lowest BCUT2D eigenvalue weighted by Crippen LogP contribution is -2.31. The van der Waals surface area contributed by atoms with Gasteiger partial charge in [0.1, 0.15) is 11.9 Å². The van der Waals surface area contributed by atoms with Crippen LogP contribution in [0.3, 0.4) is 0 Å². The molecule has 130 valence electrons. The summed E-state index contributed by atoms with van der Waals surface area (Å²) in [6, 6.07) is 9.63. The van der Waals surface area contributed by atoms with E-state index in [0.717, 1.165) is 28.3 Å². The Hall–Kier alpha value is -2.89. The molecule has 1 aromatic carbocycles. The molecule has 0 saturated carbocycles. The minimum atomic E-state index is -0.268. The first-order valence-electron chi connectivity index (χ1n) is 8.38. The van der Waals surface area contributed by atoms with Crippen molar-refractivity contribution in [2.45, 2.75) is 32.7 Å². The van der Waals surface area contributed by atoms with Gasteiger partial charge < -0.3 is 9.88 Å². The minimum absolute atomic E-state index is 0.0168. The van der Waals surface area contributed by atoms with E-state index in [1.165, 1.54) is 0 Å². The average molecular weight is 337 g/mol. The van der Waals surface area contributed by atoms with E-state index in [4.69, 9.17) is 0 Å². The number of benzene rings is 1. The quantitative estimate of drug-likeness (QED) is 0.726. The summed E-state index contributed by atoms with van der Waals surface area (Å²) in [6.45, 7) is 4.01. The van der Waals surface area contributed by atoms with Crippen LogP contribution in [0.1, 0.15) is 40.8 Å². The maximum absolute atomic E-state index is 12.5. The number of hydrogen-bond donors (Lipinski definition) is 2. The van der Waals surface area contributed by atoms with Gasteiger partial charge in [0, 0.05) is 38.0 Å². The molecule has 3 rings (SSSR count). The van der Waals surface area contributed by atoms with Gasteiger partial charge in [0.25, 0.3) is 0 Å². The first kappa shape index (κ1) is 17.0. The SMILES string of the molecule is Cc1[nH]nc(CCC(=O)NC(c2ccccc2)c2nccn2C)c1C. The zero-order valence-corrected chi connectivity index (χ0v) is 14.8. The third-order valence-corrected chi connectivity index (χ3v) is 4.50. The predicted molar refractivity (Wildman–Crippen MR) is 96.0 cm³/mol. The molecular weight excluding hydrogens is 314 g/mol. The Bertz CT molecular complexity index is 850. The van der Waals surface area contributed by atoms with Crippen molar-refractivity contribution in [3.8, 4) is 0 Å². The second kappa shape index (κ2) is 7.34. The molecule has 2 N–H and O–H groups in total. The van der Waals surface area contributed by atoms with Crippen molar-refractivity contribution < 1.29 is 4.79 Å². The van der Waals surface area contributed by atoms with Crippen LogP contribution in [-0.4, -0.2) is 25.7 Å². The summed E-state index contributed by atoms with van der Waals surface area (Å²) in [7, 11) is 1.93. The second-order valence-corrected chi connectivity index (χ2v) is 6.23. The number of nitrogens with one attached hydrogen (secondary N) is 2. The Balaban J connectivity index is 1.73. The molecule has 2 aromatic heterocycles. The Morgan fingerprint density at radius 3 is 2.64 bits per heavy atom. The molecule has 0 aliphatic rings. The van der Waals surface area contributed by atoms with E-state index in [2.05, 4.69) is 20.5 Å². The summed E-state index contributed by atoms with van der Waals surface area (Å²) in [4.78, 5) is 17.0. The predicted octanol–water partition coefficient (Wildman–Crippen LogP) is 2.60. The van der Waals surface area contributed by atoms with Crippen LogP contribution in [0, 0.1) is 13.8 Å². The molecule has 1 unspecified atom stereocenters. The van der Waals surface area contributed by atoms with Gasteiger partial charge in [-0.2, -0.15) is 5.10 Å². The molecule has 6 heteroatoms. The first-order chi connectivity index (χ1) is 12.1. The topological polar surface area (TPSA) is 75.6 Å². The highest BCUT2D eigenvalue weighted by Crippen LogP contribution is 2.20. The van der Waals surface area contributed by atoms with E-state index in [9.17, 15) is 4.79 Å². The van der Waals surface area contributed by atoms with Gasteiger partial charge >= 0.3 is 0 Å². The smallest absolute Gasteiger partial charge is 0.221 e. The Kier molecular flexibility index (Phi) is 4.97. The summed E-state index contributed by atoms with van der Waals surface area (Å²) in [5.74, 6) is 0.795. The molecule has 0 bridgehead atoms. The van der Waals surface area contributed by atoms with E-state index < -0.39 is 0 Å². The molecule has 6 nitrogen and oxygen atoms in total. The number of hydrogen-bond acceptors (Lipinski definition) is 3. The molecule has 0 aliphatic carbocycles. The van der Waals surface area contributed by atoms with Gasteiger partial charge in [-0.25, -0.2) is 4.98 Å². The summed E-state index contributed by atoms with van der Waals surface area (Å²) < 4.78 is 1.93. The van der Waals surface area contributed by atoms with Crippen LogP contribution in [0.5, 0.6) is 0 Å². The van der Waals surface area contributed by atoms with Crippen LogP contribution in [0.2, 0.25) is 0 Å². The number of carbonyl (C=O) groups is 1. The number of aromatic nitrogens is 4. The molecule has 0 saturated heterocycles. The van der Waals surface area contributed by atoms with Crippen LogP contribution in [-0.2, 0) is 18.3 Å². The Morgan fingerprint density at radius 1 is 1.28 bits per heavy atom. The minimum Gasteiger partial charge on any atom is -0.342 e. The Labute approximate surface area is 147 Å². The molecule has 1 amide bonds. The zero-order chi connectivity index (χ0) is 17.8. The van der Waals surface area contributed by atoms with Crippen molar-refractivity contribution in [1.82, 2.24) is 25.1 Å². The van der Waals surface area contributed by atoms with E-state index in [1.807, 2.05) is 62.0 Å². The van der Waals surface area contributed by atoms with Crippen molar-refractivity contribution in [3.63, 3.8) is 0 Å². The van der Waals surface area contributed by atoms with Gasteiger partial charge in [-0.1, -0.05) is 30.3 Å². The number of imidazole rings is 1. The lowest BCUT2D eigenvalue weighted by atomic mass is 10.1. The summed E-state index contributed by atoms with van der Waals surface area (Å²) in [5, 5.41) is 10.3. The third-order valence-electron chi connectivity index (χ3n) is 4.50. The molecule has 0 aliphatic heterocycles. The van der Waals surface area contributed by atoms with Gasteiger partial charge in [0.05, 0.1) is 5.69 Å². The molecule has 3 aromatic rings. The standard InChI is InChI=1S/C19H23N5O/c1-13-14(2)22-23-16(13)9-10-17(25)21-18(15-7-5-4-6-8-15)19-20-11-12-24(19)3/h4-8,11-12,18H,9-10H2,1-3H3,(H,21,25)(H,22,23). The van der Waals surface area contributed by atoms with Crippen LogP contribution in [0.4, 0.5) is 0 Å². The van der Waals surface area contributed by atoms with E-state index in [-0.39, 0.29) is 11.9 Å². The number of aromatic amines is 1. The van der Waals surface area contributed by atoms with Crippen molar-refractivity contribution in [1.29, 1.82) is 0 Å². The fourth-order valence-corrected chi connectivity index (χ4v) is 2.84.